The summed E-state index contributed by atoms with van der Waals surface area (Å²) in [5.74, 6) is 0. The average molecular weight is 158 g/mol. The smallest absolute Gasteiger partial charge is 0.210 e. The van der Waals surface area contributed by atoms with Gasteiger partial charge in [0.2, 0.25) is 5.71 Å². The fourth-order valence-corrected chi connectivity index (χ4v) is 1.27. The zero-order chi connectivity index (χ0) is 8.10. The number of methoxy groups -OCH3 is 1. The second-order valence-corrected chi connectivity index (χ2v) is 2.59. The lowest BCUT2D eigenvalue weighted by Gasteiger charge is -1.95. The molecule has 0 atom stereocenters. The van der Waals surface area contributed by atoms with Gasteiger partial charge in [-0.3, -0.25) is 4.84 Å². The highest BCUT2D eigenvalue weighted by Gasteiger charge is 2.22. The summed E-state index contributed by atoms with van der Waals surface area (Å²) in [4.78, 5) is 5.35. The summed E-state index contributed by atoms with van der Waals surface area (Å²) in [6.07, 6.45) is 2.07. The molecule has 1 aliphatic heterocycles. The topological polar surface area (TPSA) is 21.5 Å². The highest BCUT2D eigenvalue weighted by atomic mass is 16.7. The Labute approximate surface area is 67.6 Å². The summed E-state index contributed by atoms with van der Waals surface area (Å²) < 4.78 is 6.96. The fraction of sp³-hybridized carbons (Fsp3) is 0.875. The van der Waals surface area contributed by atoms with Gasteiger partial charge in [-0.25, -0.2) is 0 Å². The van der Waals surface area contributed by atoms with Crippen molar-refractivity contribution < 1.29 is 14.3 Å². The van der Waals surface area contributed by atoms with Crippen LogP contribution in [-0.4, -0.2) is 37.3 Å². The molecule has 0 spiro atoms. The number of ether oxygens (including phenoxy) is 1. The lowest BCUT2D eigenvalue weighted by Crippen LogP contribution is -2.14. The summed E-state index contributed by atoms with van der Waals surface area (Å²) in [6, 6.07) is 0. The lowest BCUT2D eigenvalue weighted by molar-refractivity contribution is -0.776. The Bertz CT molecular complexity index is 154. The maximum absolute atomic E-state index is 5.35. The van der Waals surface area contributed by atoms with Crippen LogP contribution in [0.1, 0.15) is 19.8 Å². The Hall–Kier alpha value is -0.570. The SMILES string of the molecule is CC[N+]1=C(CCOC)CCO1. The molecular weight excluding hydrogens is 142 g/mol. The van der Waals surface area contributed by atoms with Gasteiger partial charge < -0.3 is 4.74 Å². The molecule has 1 rings (SSSR count). The van der Waals surface area contributed by atoms with E-state index in [0.29, 0.717) is 0 Å². The van der Waals surface area contributed by atoms with Crippen molar-refractivity contribution in [1.82, 2.24) is 0 Å². The number of hydrogen-bond donors (Lipinski definition) is 0. The summed E-state index contributed by atoms with van der Waals surface area (Å²) in [6.45, 7) is 4.68. The molecule has 0 N–H and O–H groups in total. The van der Waals surface area contributed by atoms with Gasteiger partial charge in [0.05, 0.1) is 19.4 Å². The minimum Gasteiger partial charge on any atom is -0.384 e. The molecular formula is C8H16NO2+. The Morgan fingerprint density at radius 2 is 2.45 bits per heavy atom. The van der Waals surface area contributed by atoms with Crippen LogP contribution in [0, 0.1) is 0 Å². The molecule has 0 amide bonds. The molecule has 1 heterocycles. The normalized spacial score (nSPS) is 17.3. The van der Waals surface area contributed by atoms with Crippen LogP contribution in [-0.2, 0) is 9.57 Å². The number of hydroxylamine groups is 1. The van der Waals surface area contributed by atoms with Gasteiger partial charge in [0.1, 0.15) is 0 Å². The lowest BCUT2D eigenvalue weighted by atomic mass is 10.2. The van der Waals surface area contributed by atoms with E-state index in [1.165, 1.54) is 5.71 Å². The van der Waals surface area contributed by atoms with Crippen LogP contribution in [0.4, 0.5) is 0 Å². The Morgan fingerprint density at radius 1 is 1.64 bits per heavy atom. The minimum absolute atomic E-state index is 0.801. The molecule has 1 aliphatic rings. The largest absolute Gasteiger partial charge is 0.384 e. The molecule has 0 unspecified atom stereocenters. The molecule has 3 heteroatoms. The van der Waals surface area contributed by atoms with Crippen molar-refractivity contribution in [2.75, 3.05) is 26.9 Å². The maximum atomic E-state index is 5.35. The molecule has 0 radical (unpaired) electrons. The minimum atomic E-state index is 0.801. The molecule has 0 bridgehead atoms. The van der Waals surface area contributed by atoms with Gasteiger partial charge in [-0.2, -0.15) is 0 Å². The maximum Gasteiger partial charge on any atom is 0.210 e. The Balaban J connectivity index is 2.39. The van der Waals surface area contributed by atoms with Gasteiger partial charge in [0, 0.05) is 7.11 Å². The van der Waals surface area contributed by atoms with Gasteiger partial charge in [-0.15, -0.1) is 0 Å². The summed E-state index contributed by atoms with van der Waals surface area (Å²) in [5, 5.41) is 0. The van der Waals surface area contributed by atoms with Crippen LogP contribution >= 0.6 is 0 Å². The molecule has 0 fully saturated rings. The second kappa shape index (κ2) is 4.34. The molecule has 0 aromatic heterocycles. The predicted molar refractivity (Wildman–Crippen MR) is 42.9 cm³/mol. The first-order valence-corrected chi connectivity index (χ1v) is 4.12. The fourth-order valence-electron chi connectivity index (χ4n) is 1.27. The van der Waals surface area contributed by atoms with Crippen LogP contribution < -0.4 is 0 Å². The summed E-state index contributed by atoms with van der Waals surface area (Å²) >= 11 is 0. The van der Waals surface area contributed by atoms with Crippen LogP contribution in [0.5, 0.6) is 0 Å². The van der Waals surface area contributed by atoms with E-state index in [4.69, 9.17) is 9.57 Å². The quantitative estimate of drug-likeness (QED) is 0.565. The number of nitrogens with zero attached hydrogens (tertiary/aromatic N) is 1. The Morgan fingerprint density at radius 3 is 3.09 bits per heavy atom. The van der Waals surface area contributed by atoms with E-state index in [-0.39, 0.29) is 0 Å². The van der Waals surface area contributed by atoms with E-state index in [9.17, 15) is 0 Å². The predicted octanol–water partition coefficient (Wildman–Crippen LogP) is 0.832. The van der Waals surface area contributed by atoms with E-state index in [2.05, 4.69) is 6.92 Å². The zero-order valence-electron chi connectivity index (χ0n) is 7.30. The third kappa shape index (κ3) is 2.19. The van der Waals surface area contributed by atoms with Crippen molar-refractivity contribution in [3.8, 4) is 0 Å². The molecule has 11 heavy (non-hydrogen) atoms. The molecule has 3 nitrogen and oxygen atoms in total. The van der Waals surface area contributed by atoms with E-state index < -0.39 is 0 Å². The third-order valence-electron chi connectivity index (χ3n) is 1.87. The van der Waals surface area contributed by atoms with Crippen molar-refractivity contribution in [2.24, 2.45) is 0 Å². The van der Waals surface area contributed by atoms with Gasteiger partial charge in [0.15, 0.2) is 13.2 Å². The van der Waals surface area contributed by atoms with Crippen molar-refractivity contribution in [1.29, 1.82) is 0 Å². The third-order valence-corrected chi connectivity index (χ3v) is 1.87. The van der Waals surface area contributed by atoms with Crippen LogP contribution in [0.3, 0.4) is 0 Å². The highest BCUT2D eigenvalue weighted by molar-refractivity contribution is 5.80. The van der Waals surface area contributed by atoms with Crippen LogP contribution in [0.15, 0.2) is 0 Å². The van der Waals surface area contributed by atoms with E-state index in [1.807, 2.05) is 4.74 Å². The molecule has 0 saturated carbocycles. The average Bonchev–Trinajstić information content (AvgIpc) is 2.47. The van der Waals surface area contributed by atoms with Crippen molar-refractivity contribution in [2.45, 2.75) is 19.8 Å². The Kier molecular flexibility index (Phi) is 3.36. The second-order valence-electron chi connectivity index (χ2n) is 2.59. The number of rotatable bonds is 4. The molecule has 64 valence electrons. The van der Waals surface area contributed by atoms with Gasteiger partial charge in [0.25, 0.3) is 0 Å². The van der Waals surface area contributed by atoms with Crippen molar-refractivity contribution in [3.05, 3.63) is 0 Å². The highest BCUT2D eigenvalue weighted by Crippen LogP contribution is 2.03. The zero-order valence-corrected chi connectivity index (χ0v) is 7.30. The van der Waals surface area contributed by atoms with Gasteiger partial charge >= 0.3 is 0 Å². The number of hydrogen-bond acceptors (Lipinski definition) is 2. The molecule has 0 saturated heterocycles. The van der Waals surface area contributed by atoms with Crippen LogP contribution in [0.25, 0.3) is 0 Å². The first-order valence-electron chi connectivity index (χ1n) is 4.12. The van der Waals surface area contributed by atoms with Crippen molar-refractivity contribution >= 4 is 5.71 Å². The molecule has 0 aromatic rings. The molecule has 0 aliphatic carbocycles. The molecule has 0 aromatic carbocycles. The first-order chi connectivity index (χ1) is 5.38. The van der Waals surface area contributed by atoms with E-state index >= 15 is 0 Å². The van der Waals surface area contributed by atoms with Gasteiger partial charge in [-0.1, -0.05) is 0 Å². The monoisotopic (exact) mass is 158 g/mol. The van der Waals surface area contributed by atoms with Crippen LogP contribution in [0.2, 0.25) is 0 Å². The summed E-state index contributed by atoms with van der Waals surface area (Å²) in [5.41, 5.74) is 1.37. The standard InChI is InChI=1S/C8H16NO2/c1-3-9-8(4-6-10-2)5-7-11-9/h3-7H2,1-2H3/q+1. The van der Waals surface area contributed by atoms with E-state index in [0.717, 1.165) is 32.6 Å². The summed E-state index contributed by atoms with van der Waals surface area (Å²) in [7, 11) is 1.73. The van der Waals surface area contributed by atoms with E-state index in [1.54, 1.807) is 7.11 Å². The first kappa shape index (κ1) is 8.53. The van der Waals surface area contributed by atoms with Gasteiger partial charge in [-0.05, 0) is 11.7 Å². The van der Waals surface area contributed by atoms with Crippen molar-refractivity contribution in [3.63, 3.8) is 0 Å².